The smallest absolute Gasteiger partial charge is 0.246 e. The zero-order chi connectivity index (χ0) is 30.1. The first-order valence-corrected chi connectivity index (χ1v) is 14.7. The number of aryl methyl sites for hydroxylation is 1. The third-order valence-electron chi connectivity index (χ3n) is 7.54. The fraction of sp³-hybridized carbons (Fsp3) is 0.333. The van der Waals surface area contributed by atoms with Crippen LogP contribution in [0.4, 0.5) is 5.69 Å². The number of halogens is 1. The highest BCUT2D eigenvalue weighted by Gasteiger charge is 2.36. The number of unbranched alkanes of at least 4 members (excludes halogenated alkanes) is 1. The van der Waals surface area contributed by atoms with Crippen LogP contribution in [0.2, 0.25) is 5.02 Å². The van der Waals surface area contributed by atoms with Crippen molar-refractivity contribution >= 4 is 40.8 Å². The van der Waals surface area contributed by atoms with Crippen molar-refractivity contribution in [3.8, 4) is 0 Å². The van der Waals surface area contributed by atoms with Crippen LogP contribution in [0.3, 0.4) is 0 Å². The van der Waals surface area contributed by atoms with Gasteiger partial charge in [0.2, 0.25) is 17.7 Å². The minimum atomic E-state index is -0.825. The minimum absolute atomic E-state index is 0.0179. The van der Waals surface area contributed by atoms with Crippen LogP contribution in [-0.2, 0) is 27.3 Å². The third kappa shape index (κ3) is 8.05. The Morgan fingerprint density at radius 1 is 0.952 bits per heavy atom. The predicted octanol–water partition coefficient (Wildman–Crippen LogP) is 4.82. The number of ketones is 1. The molecule has 8 nitrogen and oxygen atoms in total. The van der Waals surface area contributed by atoms with E-state index in [4.69, 9.17) is 17.3 Å². The lowest BCUT2D eigenvalue weighted by Gasteiger charge is -2.37. The zero-order valence-corrected chi connectivity index (χ0v) is 24.5. The van der Waals surface area contributed by atoms with Crippen LogP contribution in [-0.4, -0.2) is 47.0 Å². The standard InChI is InChI=1S/C33H37ClN4O4/c1-22-19-26(14-15-27(22)34)36-32(41)28(13-7-8-18-35)37-33(42)29-20-24-11-5-6-12-25(24)21-38(29)31(40)17-16-30(39)23-9-3-2-4-10-23/h2-6,9-12,14-15,19,28-29H,7-8,13,16-18,20-21,35H2,1H3,(H,36,41)(H,37,42)/t28-,29-/m0/s1. The summed E-state index contributed by atoms with van der Waals surface area (Å²) in [4.78, 5) is 54.8. The number of rotatable bonds is 12. The highest BCUT2D eigenvalue weighted by molar-refractivity contribution is 6.31. The Bertz CT molecular complexity index is 1430. The summed E-state index contributed by atoms with van der Waals surface area (Å²) in [5.41, 5.74) is 9.55. The quantitative estimate of drug-likeness (QED) is 0.207. The van der Waals surface area contributed by atoms with Crippen molar-refractivity contribution in [1.82, 2.24) is 10.2 Å². The number of carbonyl (C=O) groups is 4. The van der Waals surface area contributed by atoms with Crippen LogP contribution < -0.4 is 16.4 Å². The first kappa shape index (κ1) is 30.9. The molecule has 3 aromatic rings. The fourth-order valence-electron chi connectivity index (χ4n) is 5.13. The number of fused-ring (bicyclic) bond motifs is 1. The van der Waals surface area contributed by atoms with E-state index in [-0.39, 0.29) is 37.0 Å². The van der Waals surface area contributed by atoms with Crippen molar-refractivity contribution in [2.75, 3.05) is 11.9 Å². The molecule has 4 rings (SSSR count). The van der Waals surface area contributed by atoms with Crippen molar-refractivity contribution in [3.05, 3.63) is 100 Å². The number of amides is 3. The van der Waals surface area contributed by atoms with E-state index in [0.29, 0.717) is 48.5 Å². The molecule has 0 fully saturated rings. The van der Waals surface area contributed by atoms with Crippen molar-refractivity contribution in [3.63, 3.8) is 0 Å². The molecule has 3 amide bonds. The van der Waals surface area contributed by atoms with Gasteiger partial charge >= 0.3 is 0 Å². The molecular weight excluding hydrogens is 552 g/mol. The minimum Gasteiger partial charge on any atom is -0.342 e. The van der Waals surface area contributed by atoms with Gasteiger partial charge in [0, 0.05) is 42.1 Å². The summed E-state index contributed by atoms with van der Waals surface area (Å²) in [6, 6.07) is 20.1. The molecule has 42 heavy (non-hydrogen) atoms. The van der Waals surface area contributed by atoms with E-state index in [2.05, 4.69) is 10.6 Å². The molecule has 3 aromatic carbocycles. The summed E-state index contributed by atoms with van der Waals surface area (Å²) >= 11 is 6.13. The van der Waals surface area contributed by atoms with Gasteiger partial charge in [-0.2, -0.15) is 0 Å². The van der Waals surface area contributed by atoms with E-state index in [1.165, 1.54) is 4.90 Å². The number of hydrogen-bond acceptors (Lipinski definition) is 5. The van der Waals surface area contributed by atoms with E-state index >= 15 is 0 Å². The van der Waals surface area contributed by atoms with Crippen LogP contribution in [0, 0.1) is 6.92 Å². The van der Waals surface area contributed by atoms with Crippen LogP contribution in [0.25, 0.3) is 0 Å². The van der Waals surface area contributed by atoms with E-state index < -0.39 is 18.0 Å². The maximum Gasteiger partial charge on any atom is 0.246 e. The molecule has 0 radical (unpaired) electrons. The fourth-order valence-corrected chi connectivity index (χ4v) is 5.25. The molecule has 0 aliphatic carbocycles. The number of anilines is 1. The predicted molar refractivity (Wildman–Crippen MR) is 164 cm³/mol. The average molecular weight is 589 g/mol. The molecule has 220 valence electrons. The molecule has 1 heterocycles. The second kappa shape index (κ2) is 14.8. The van der Waals surface area contributed by atoms with Gasteiger partial charge in [-0.05, 0) is 67.6 Å². The van der Waals surface area contributed by atoms with Gasteiger partial charge in [-0.3, -0.25) is 19.2 Å². The van der Waals surface area contributed by atoms with E-state index in [9.17, 15) is 19.2 Å². The SMILES string of the molecule is Cc1cc(NC(=O)[C@H](CCCCN)NC(=O)[C@@H]2Cc3ccccc3CN2C(=O)CCC(=O)c2ccccc2)ccc1Cl. The van der Waals surface area contributed by atoms with E-state index in [0.717, 1.165) is 16.7 Å². The number of carbonyl (C=O) groups excluding carboxylic acids is 4. The Labute approximate surface area is 251 Å². The highest BCUT2D eigenvalue weighted by Crippen LogP contribution is 2.25. The van der Waals surface area contributed by atoms with Crippen LogP contribution >= 0.6 is 11.6 Å². The first-order chi connectivity index (χ1) is 20.3. The van der Waals surface area contributed by atoms with Gasteiger partial charge in [-0.1, -0.05) is 66.2 Å². The molecule has 1 aliphatic heterocycles. The molecule has 2 atom stereocenters. The van der Waals surface area contributed by atoms with Crippen LogP contribution in [0.5, 0.6) is 0 Å². The van der Waals surface area contributed by atoms with Gasteiger partial charge in [-0.25, -0.2) is 0 Å². The zero-order valence-electron chi connectivity index (χ0n) is 23.8. The maximum atomic E-state index is 13.8. The molecule has 0 aromatic heterocycles. The molecule has 0 saturated carbocycles. The molecule has 9 heteroatoms. The van der Waals surface area contributed by atoms with Crippen molar-refractivity contribution < 1.29 is 19.2 Å². The number of nitrogens with two attached hydrogens (primary N) is 1. The number of nitrogens with zero attached hydrogens (tertiary/aromatic N) is 1. The topological polar surface area (TPSA) is 122 Å². The Morgan fingerprint density at radius 3 is 2.38 bits per heavy atom. The lowest BCUT2D eigenvalue weighted by Crippen LogP contribution is -2.56. The van der Waals surface area contributed by atoms with Gasteiger partial charge in [0.25, 0.3) is 0 Å². The van der Waals surface area contributed by atoms with Gasteiger partial charge in [0.15, 0.2) is 5.78 Å². The number of benzene rings is 3. The Kier molecular flexibility index (Phi) is 10.9. The lowest BCUT2D eigenvalue weighted by molar-refractivity contribution is -0.142. The molecule has 0 unspecified atom stereocenters. The van der Waals surface area contributed by atoms with E-state index in [1.807, 2.05) is 37.3 Å². The number of Topliss-reactive ketones (excluding diaryl/α,β-unsaturated/α-hetero) is 1. The maximum absolute atomic E-state index is 13.8. The van der Waals surface area contributed by atoms with Gasteiger partial charge in [0.1, 0.15) is 12.1 Å². The summed E-state index contributed by atoms with van der Waals surface area (Å²) in [5, 5.41) is 6.39. The Hall–Kier alpha value is -4.01. The molecule has 0 bridgehead atoms. The molecule has 1 aliphatic rings. The molecule has 0 saturated heterocycles. The van der Waals surface area contributed by atoms with Crippen LogP contribution in [0.1, 0.15) is 59.2 Å². The molecule has 4 N–H and O–H groups in total. The van der Waals surface area contributed by atoms with Gasteiger partial charge < -0.3 is 21.3 Å². The summed E-state index contributed by atoms with van der Waals surface area (Å²) in [5.74, 6) is -1.18. The monoisotopic (exact) mass is 588 g/mol. The van der Waals surface area contributed by atoms with Crippen molar-refractivity contribution in [1.29, 1.82) is 0 Å². The largest absolute Gasteiger partial charge is 0.342 e. The van der Waals surface area contributed by atoms with E-state index in [1.54, 1.807) is 42.5 Å². The molecular formula is C33H37ClN4O4. The van der Waals surface area contributed by atoms with Gasteiger partial charge in [0.05, 0.1) is 0 Å². The summed E-state index contributed by atoms with van der Waals surface area (Å²) in [6.07, 6.45) is 2.08. The van der Waals surface area contributed by atoms with Crippen molar-refractivity contribution in [2.24, 2.45) is 5.73 Å². The Balaban J connectivity index is 1.50. The second-order valence-electron chi connectivity index (χ2n) is 10.6. The third-order valence-corrected chi connectivity index (χ3v) is 7.96. The highest BCUT2D eigenvalue weighted by atomic mass is 35.5. The summed E-state index contributed by atoms with van der Waals surface area (Å²) in [7, 11) is 0. The van der Waals surface area contributed by atoms with Crippen LogP contribution in [0.15, 0.2) is 72.8 Å². The lowest BCUT2D eigenvalue weighted by atomic mass is 9.92. The number of hydrogen-bond donors (Lipinski definition) is 3. The normalized spacial score (nSPS) is 14.9. The second-order valence-corrected chi connectivity index (χ2v) is 11.0. The average Bonchev–Trinajstić information content (AvgIpc) is 3.00. The van der Waals surface area contributed by atoms with Gasteiger partial charge in [-0.15, -0.1) is 0 Å². The summed E-state index contributed by atoms with van der Waals surface area (Å²) < 4.78 is 0. The molecule has 0 spiro atoms. The first-order valence-electron chi connectivity index (χ1n) is 14.3. The summed E-state index contributed by atoms with van der Waals surface area (Å²) in [6.45, 7) is 2.57. The number of nitrogens with one attached hydrogen (secondary N) is 2. The van der Waals surface area contributed by atoms with Crippen molar-refractivity contribution in [2.45, 2.75) is 64.1 Å². The Morgan fingerprint density at radius 2 is 1.67 bits per heavy atom.